The second-order valence-electron chi connectivity index (χ2n) is 15.1. The van der Waals surface area contributed by atoms with Crippen LogP contribution in [0.5, 0.6) is 0 Å². The average molecular weight is 814 g/mol. The molecule has 0 spiro atoms. The van der Waals surface area contributed by atoms with E-state index in [0.29, 0.717) is 12.8 Å². The molecule has 0 aliphatic carbocycles. The van der Waals surface area contributed by atoms with E-state index in [0.717, 1.165) is 64.2 Å². The van der Waals surface area contributed by atoms with Gasteiger partial charge in [0.1, 0.15) is 48.8 Å². The maximum Gasteiger partial charge on any atom is 0.220 e. The fourth-order valence-electron chi connectivity index (χ4n) is 6.63. The van der Waals surface area contributed by atoms with Gasteiger partial charge in [-0.15, -0.1) is 0 Å². The van der Waals surface area contributed by atoms with Crippen LogP contribution in [0, 0.1) is 0 Å². The Hall–Kier alpha value is -2.05. The SMILES string of the molecule is CCC/C=C/CC/C=C/C(O)C(COC1OC(CO)C(OC2OC(CO)C(O)C(O)C2O)C(O)C1O)NC(=O)CCCCCCC/C=C\C/C=C\CCCCCC. The highest BCUT2D eigenvalue weighted by Crippen LogP contribution is 2.29. The highest BCUT2D eigenvalue weighted by atomic mass is 16.7. The summed E-state index contributed by atoms with van der Waals surface area (Å²) in [7, 11) is 0. The third-order valence-corrected chi connectivity index (χ3v) is 10.2. The van der Waals surface area contributed by atoms with E-state index in [-0.39, 0.29) is 18.9 Å². The molecule has 12 unspecified atom stereocenters. The number of aliphatic hydroxyl groups is 8. The van der Waals surface area contributed by atoms with Gasteiger partial charge in [-0.1, -0.05) is 107 Å². The fourth-order valence-corrected chi connectivity index (χ4v) is 6.63. The Morgan fingerprint density at radius 1 is 0.632 bits per heavy atom. The van der Waals surface area contributed by atoms with Crippen molar-refractivity contribution in [3.8, 4) is 0 Å². The van der Waals surface area contributed by atoms with Crippen LogP contribution in [0.3, 0.4) is 0 Å². The van der Waals surface area contributed by atoms with E-state index in [1.54, 1.807) is 6.08 Å². The van der Waals surface area contributed by atoms with Crippen molar-refractivity contribution in [3.63, 3.8) is 0 Å². The monoisotopic (exact) mass is 814 g/mol. The lowest BCUT2D eigenvalue weighted by atomic mass is 9.97. The van der Waals surface area contributed by atoms with Crippen molar-refractivity contribution < 1.29 is 64.6 Å². The Bertz CT molecular complexity index is 1150. The molecule has 2 rings (SSSR count). The second-order valence-corrected chi connectivity index (χ2v) is 15.1. The molecule has 14 heteroatoms. The van der Waals surface area contributed by atoms with Gasteiger partial charge in [-0.2, -0.15) is 0 Å². The molecule has 2 fully saturated rings. The minimum atomic E-state index is -1.79. The van der Waals surface area contributed by atoms with E-state index in [1.807, 2.05) is 6.08 Å². The largest absolute Gasteiger partial charge is 0.394 e. The Labute approximate surface area is 340 Å². The number of aliphatic hydroxyl groups excluding tert-OH is 8. The molecule has 2 aliphatic heterocycles. The minimum absolute atomic E-state index is 0.255. The predicted octanol–water partition coefficient (Wildman–Crippen LogP) is 3.37. The van der Waals surface area contributed by atoms with Crippen molar-refractivity contribution in [2.45, 2.75) is 197 Å². The number of nitrogens with one attached hydrogen (secondary N) is 1. The van der Waals surface area contributed by atoms with Gasteiger partial charge in [-0.25, -0.2) is 0 Å². The molecular weight excluding hydrogens is 738 g/mol. The second kappa shape index (κ2) is 30.9. The zero-order valence-electron chi connectivity index (χ0n) is 34.3. The summed E-state index contributed by atoms with van der Waals surface area (Å²) in [6.07, 6.45) is 16.3. The highest BCUT2D eigenvalue weighted by molar-refractivity contribution is 5.76. The number of unbranched alkanes of at least 4 members (excludes halogenated alkanes) is 11. The van der Waals surface area contributed by atoms with E-state index in [9.17, 15) is 45.6 Å². The summed E-state index contributed by atoms with van der Waals surface area (Å²) in [5, 5.41) is 86.0. The van der Waals surface area contributed by atoms with Crippen LogP contribution in [-0.4, -0.2) is 140 Å². The van der Waals surface area contributed by atoms with Crippen LogP contribution in [0.15, 0.2) is 48.6 Å². The van der Waals surface area contributed by atoms with Crippen LogP contribution >= 0.6 is 0 Å². The molecule has 0 aromatic rings. The summed E-state index contributed by atoms with van der Waals surface area (Å²) in [6.45, 7) is 2.58. The number of hydrogen-bond donors (Lipinski definition) is 9. The lowest BCUT2D eigenvalue weighted by Gasteiger charge is -2.46. The smallest absolute Gasteiger partial charge is 0.220 e. The first-order chi connectivity index (χ1) is 27.6. The third kappa shape index (κ3) is 19.7. The number of rotatable bonds is 30. The fraction of sp³-hybridized carbons (Fsp3) is 0.791. The molecule has 0 saturated carbocycles. The van der Waals surface area contributed by atoms with Crippen molar-refractivity contribution in [2.75, 3.05) is 19.8 Å². The zero-order valence-corrected chi connectivity index (χ0v) is 34.3. The summed E-state index contributed by atoms with van der Waals surface area (Å²) in [6, 6.07) is -0.935. The summed E-state index contributed by atoms with van der Waals surface area (Å²) >= 11 is 0. The van der Waals surface area contributed by atoms with E-state index in [4.69, 9.17) is 18.9 Å². The van der Waals surface area contributed by atoms with Crippen molar-refractivity contribution in [1.82, 2.24) is 5.32 Å². The Morgan fingerprint density at radius 3 is 1.88 bits per heavy atom. The first-order valence-corrected chi connectivity index (χ1v) is 21.4. The molecule has 0 aromatic heterocycles. The molecule has 2 aliphatic rings. The standard InChI is InChI=1S/C43H75NO13/c1-3-5-7-9-11-12-13-14-15-16-17-18-19-21-23-25-27-35(48)44-31(32(47)26-24-22-20-10-8-6-4-2)30-54-42-40(53)38(51)41(34(29-46)56-42)57-43-39(52)37(50)36(49)33(28-45)55-43/h8,10,12-13,15-16,24,26,31-34,36-43,45-47,49-53H,3-7,9,11,14,17-23,25,27-30H2,1-2H3,(H,44,48)/b10-8+,13-12-,16-15-,26-24+. The van der Waals surface area contributed by atoms with Crippen LogP contribution in [0.4, 0.5) is 0 Å². The van der Waals surface area contributed by atoms with Crippen molar-refractivity contribution in [2.24, 2.45) is 0 Å². The Morgan fingerprint density at radius 2 is 1.21 bits per heavy atom. The lowest BCUT2D eigenvalue weighted by Crippen LogP contribution is -2.65. The first-order valence-electron chi connectivity index (χ1n) is 21.4. The molecule has 330 valence electrons. The molecular formula is C43H75NO13. The summed E-state index contributed by atoms with van der Waals surface area (Å²) in [4.78, 5) is 13.0. The maximum absolute atomic E-state index is 13.0. The molecule has 14 nitrogen and oxygen atoms in total. The molecule has 0 aromatic carbocycles. The lowest BCUT2D eigenvalue weighted by molar-refractivity contribution is -0.359. The summed E-state index contributed by atoms with van der Waals surface area (Å²) < 4.78 is 22.5. The van der Waals surface area contributed by atoms with Gasteiger partial charge < -0.3 is 65.1 Å². The number of allylic oxidation sites excluding steroid dienone is 7. The molecule has 0 radical (unpaired) electrons. The predicted molar refractivity (Wildman–Crippen MR) is 217 cm³/mol. The Kier molecular flexibility index (Phi) is 27.7. The van der Waals surface area contributed by atoms with Gasteiger partial charge >= 0.3 is 0 Å². The van der Waals surface area contributed by atoms with Crippen LogP contribution < -0.4 is 5.32 Å². The average Bonchev–Trinajstić information content (AvgIpc) is 3.21. The van der Waals surface area contributed by atoms with Gasteiger partial charge in [-0.3, -0.25) is 4.79 Å². The molecule has 0 bridgehead atoms. The molecule has 2 saturated heterocycles. The normalized spacial score (nSPS) is 29.6. The summed E-state index contributed by atoms with van der Waals surface area (Å²) in [5.74, 6) is -0.272. The Balaban J connectivity index is 1.89. The third-order valence-electron chi connectivity index (χ3n) is 10.2. The van der Waals surface area contributed by atoms with Crippen LogP contribution in [0.2, 0.25) is 0 Å². The molecule has 12 atom stereocenters. The van der Waals surface area contributed by atoms with Crippen molar-refractivity contribution in [3.05, 3.63) is 48.6 Å². The van der Waals surface area contributed by atoms with E-state index < -0.39 is 86.8 Å². The number of carbonyl (C=O) groups is 1. The minimum Gasteiger partial charge on any atom is -0.394 e. The topological polar surface area (TPSA) is 228 Å². The number of hydrogen-bond acceptors (Lipinski definition) is 13. The quantitative estimate of drug-likeness (QED) is 0.0375. The van der Waals surface area contributed by atoms with E-state index in [1.165, 1.54) is 25.7 Å². The summed E-state index contributed by atoms with van der Waals surface area (Å²) in [5.41, 5.74) is 0. The maximum atomic E-state index is 13.0. The van der Waals surface area contributed by atoms with Crippen molar-refractivity contribution >= 4 is 5.91 Å². The van der Waals surface area contributed by atoms with Gasteiger partial charge in [0.25, 0.3) is 0 Å². The molecule has 57 heavy (non-hydrogen) atoms. The molecule has 9 N–H and O–H groups in total. The first kappa shape index (κ1) is 51.1. The van der Waals surface area contributed by atoms with Gasteiger partial charge in [0.2, 0.25) is 5.91 Å². The van der Waals surface area contributed by atoms with Crippen LogP contribution in [-0.2, 0) is 23.7 Å². The number of amides is 1. The number of ether oxygens (including phenoxy) is 4. The zero-order chi connectivity index (χ0) is 41.8. The molecule has 2 heterocycles. The van der Waals surface area contributed by atoms with Crippen molar-refractivity contribution in [1.29, 1.82) is 0 Å². The van der Waals surface area contributed by atoms with E-state index in [2.05, 4.69) is 55.6 Å². The van der Waals surface area contributed by atoms with Gasteiger partial charge in [0, 0.05) is 6.42 Å². The van der Waals surface area contributed by atoms with Crippen LogP contribution in [0.1, 0.15) is 123 Å². The van der Waals surface area contributed by atoms with Gasteiger partial charge in [-0.05, 0) is 57.8 Å². The van der Waals surface area contributed by atoms with Gasteiger partial charge in [0.15, 0.2) is 12.6 Å². The van der Waals surface area contributed by atoms with Crippen LogP contribution in [0.25, 0.3) is 0 Å². The number of carbonyl (C=O) groups excluding carboxylic acids is 1. The van der Waals surface area contributed by atoms with Gasteiger partial charge in [0.05, 0.1) is 32.0 Å². The molecule has 1 amide bonds. The van der Waals surface area contributed by atoms with E-state index >= 15 is 0 Å². The highest BCUT2D eigenvalue weighted by Gasteiger charge is 2.50.